The molecule has 0 N–H and O–H groups in total. The lowest BCUT2D eigenvalue weighted by Crippen LogP contribution is -2.54. The number of rotatable bonds is 12. The fraction of sp³-hybridized carbons (Fsp3) is 0.207. The molecule has 1 aliphatic carbocycles. The highest BCUT2D eigenvalue weighted by Gasteiger charge is 2.59. The summed E-state index contributed by atoms with van der Waals surface area (Å²) in [7, 11) is 2.19. The van der Waals surface area contributed by atoms with Crippen molar-refractivity contribution in [3.8, 4) is 0 Å². The molecule has 0 saturated carbocycles. The third-order valence-corrected chi connectivity index (χ3v) is 14.5. The van der Waals surface area contributed by atoms with Gasteiger partial charge in [-0.05, 0) is 84.6 Å². The first-order chi connectivity index (χ1) is 31.3. The molecule has 0 fully saturated rings. The average molecular weight is 838 g/mol. The van der Waals surface area contributed by atoms with Crippen LogP contribution in [0.1, 0.15) is 29.2 Å². The highest BCUT2D eigenvalue weighted by atomic mass is 16.1. The number of nitrogens with zero attached hydrogens (tertiary/aromatic N) is 4. The molecule has 0 aromatic heterocycles. The van der Waals surface area contributed by atoms with Gasteiger partial charge in [-0.3, -0.25) is 14.1 Å². The first-order valence-corrected chi connectivity index (χ1v) is 22.9. The Balaban J connectivity index is 0.953. The molecule has 0 saturated heterocycles. The summed E-state index contributed by atoms with van der Waals surface area (Å²) in [5.74, 6) is -0.0217. The molecule has 0 radical (unpaired) electrons. The second-order valence-corrected chi connectivity index (χ2v) is 18.3. The monoisotopic (exact) mass is 837 g/mol. The number of Topliss-reactive ketones (excluding diaryl/α,β-unsaturated/α-hetero) is 2. The van der Waals surface area contributed by atoms with Crippen LogP contribution in [-0.2, 0) is 35.3 Å². The SMILES string of the molecule is CC1N(CCc2ccc3ccccc3c2)C2=C(C(=O)C3=C(C2=O)N(CCc2ccc4ccccc4c2)CN3CCc2ccc3ccccc3c2)[N+]1(C)CCc1ccc2ccccc2c1. The van der Waals surface area contributed by atoms with Gasteiger partial charge < -0.3 is 14.7 Å². The molecule has 0 spiro atoms. The predicted octanol–water partition coefficient (Wildman–Crippen LogP) is 10.8. The van der Waals surface area contributed by atoms with E-state index in [4.69, 9.17) is 0 Å². The Morgan fingerprint density at radius 3 is 1.22 bits per heavy atom. The smallest absolute Gasteiger partial charge is 0.266 e. The van der Waals surface area contributed by atoms with Crippen LogP contribution in [0, 0.1) is 0 Å². The summed E-state index contributed by atoms with van der Waals surface area (Å²) in [5, 5.41) is 9.70. The van der Waals surface area contributed by atoms with E-state index in [1.807, 2.05) is 0 Å². The molecule has 64 heavy (non-hydrogen) atoms. The predicted molar refractivity (Wildman–Crippen MR) is 260 cm³/mol. The first kappa shape index (κ1) is 39.8. The number of carbonyl (C=O) groups is 2. The number of ketones is 2. The van der Waals surface area contributed by atoms with E-state index in [1.165, 1.54) is 65.3 Å². The standard InChI is InChI=1S/C58H53N4O2/c1-40-61(33-29-43-21-25-47-13-5-9-17-51(47)37-43)55-56(62(40,2)34-30-44-22-26-48-14-6-10-18-52(48)38-44)58(64)54-53(57(55)63)59(31-27-41-19-23-45-11-3-7-15-49(45)35-41)39-60(54)32-28-42-20-24-46-12-4-8-16-50(46)36-42/h3-26,35-38,40H,27-34,39H2,1-2H3/q+1. The molecule has 8 aromatic rings. The molecule has 3 aliphatic rings. The van der Waals surface area contributed by atoms with Crippen molar-refractivity contribution in [1.82, 2.24) is 14.7 Å². The van der Waals surface area contributed by atoms with Gasteiger partial charge in [0.15, 0.2) is 11.9 Å². The topological polar surface area (TPSA) is 43.9 Å². The zero-order valence-corrected chi connectivity index (χ0v) is 36.7. The Labute approximate surface area is 375 Å². The Bertz CT molecular complexity index is 3220. The van der Waals surface area contributed by atoms with E-state index in [-0.39, 0.29) is 17.7 Å². The normalized spacial score (nSPS) is 18.7. The molecule has 2 unspecified atom stereocenters. The van der Waals surface area contributed by atoms with Crippen LogP contribution in [0.3, 0.4) is 0 Å². The van der Waals surface area contributed by atoms with Crippen LogP contribution in [0.2, 0.25) is 0 Å². The van der Waals surface area contributed by atoms with Crippen LogP contribution in [0.15, 0.2) is 193 Å². The second-order valence-electron chi connectivity index (χ2n) is 18.3. The van der Waals surface area contributed by atoms with E-state index in [2.05, 4.69) is 199 Å². The summed E-state index contributed by atoms with van der Waals surface area (Å²) in [6.07, 6.45) is 2.92. The van der Waals surface area contributed by atoms with Crippen molar-refractivity contribution in [2.24, 2.45) is 0 Å². The van der Waals surface area contributed by atoms with Crippen LogP contribution in [-0.4, -0.2) is 76.8 Å². The van der Waals surface area contributed by atoms with Crippen molar-refractivity contribution < 1.29 is 14.1 Å². The van der Waals surface area contributed by atoms with Crippen molar-refractivity contribution in [3.05, 3.63) is 215 Å². The van der Waals surface area contributed by atoms with Gasteiger partial charge >= 0.3 is 0 Å². The quantitative estimate of drug-likeness (QED) is 0.0906. The molecule has 8 aromatic carbocycles. The van der Waals surface area contributed by atoms with Gasteiger partial charge in [-0.1, -0.05) is 170 Å². The Morgan fingerprint density at radius 2 is 0.797 bits per heavy atom. The van der Waals surface area contributed by atoms with E-state index in [0.717, 1.165) is 25.7 Å². The third kappa shape index (κ3) is 7.12. The van der Waals surface area contributed by atoms with Crippen molar-refractivity contribution in [3.63, 3.8) is 0 Å². The van der Waals surface area contributed by atoms with Crippen LogP contribution in [0.5, 0.6) is 0 Å². The Kier molecular flexibility index (Phi) is 10.1. The fourth-order valence-electron chi connectivity index (χ4n) is 10.7. The van der Waals surface area contributed by atoms with Gasteiger partial charge in [-0.2, -0.15) is 0 Å². The summed E-state index contributed by atoms with van der Waals surface area (Å²) in [4.78, 5) is 38.1. The maximum Gasteiger partial charge on any atom is 0.266 e. The number of hydrogen-bond acceptors (Lipinski definition) is 5. The van der Waals surface area contributed by atoms with E-state index in [1.54, 1.807) is 0 Å². The van der Waals surface area contributed by atoms with Gasteiger partial charge in [-0.25, -0.2) is 0 Å². The molecule has 11 rings (SSSR count). The number of likely N-dealkylation sites (N-methyl/N-ethyl adjacent to an activating group) is 1. The number of quaternary nitrogens is 1. The van der Waals surface area contributed by atoms with Gasteiger partial charge in [0.25, 0.3) is 5.78 Å². The van der Waals surface area contributed by atoms with Gasteiger partial charge in [-0.15, -0.1) is 0 Å². The van der Waals surface area contributed by atoms with E-state index >= 15 is 9.59 Å². The summed E-state index contributed by atoms with van der Waals surface area (Å²) < 4.78 is 0.372. The number of benzene rings is 8. The Hall–Kier alpha value is -7.02. The molecule has 0 amide bonds. The number of fused-ring (bicyclic) bond motifs is 4. The lowest BCUT2D eigenvalue weighted by molar-refractivity contribution is -0.893. The van der Waals surface area contributed by atoms with E-state index < -0.39 is 0 Å². The van der Waals surface area contributed by atoms with Crippen LogP contribution in [0.25, 0.3) is 43.1 Å². The molecule has 6 heteroatoms. The van der Waals surface area contributed by atoms with E-state index in [9.17, 15) is 0 Å². The van der Waals surface area contributed by atoms with Gasteiger partial charge in [0.05, 0.1) is 20.3 Å². The molecular formula is C58H53N4O2+. The van der Waals surface area contributed by atoms with E-state index in [0.29, 0.717) is 60.1 Å². The molecule has 0 bridgehead atoms. The van der Waals surface area contributed by atoms with Crippen molar-refractivity contribution in [1.29, 1.82) is 0 Å². The van der Waals surface area contributed by atoms with Gasteiger partial charge in [0, 0.05) is 33.0 Å². The van der Waals surface area contributed by atoms with Gasteiger partial charge in [0.1, 0.15) is 11.4 Å². The molecule has 2 aliphatic heterocycles. The lowest BCUT2D eigenvalue weighted by Gasteiger charge is -2.38. The fourth-order valence-corrected chi connectivity index (χ4v) is 10.7. The van der Waals surface area contributed by atoms with Crippen molar-refractivity contribution >= 4 is 54.7 Å². The third-order valence-electron chi connectivity index (χ3n) is 14.5. The minimum absolute atomic E-state index is 0.00242. The molecule has 2 heterocycles. The summed E-state index contributed by atoms with van der Waals surface area (Å²) in [6.45, 7) is 5.30. The average Bonchev–Trinajstić information content (AvgIpc) is 3.82. The highest BCUT2D eigenvalue weighted by molar-refractivity contribution is 6.24. The van der Waals surface area contributed by atoms with Crippen molar-refractivity contribution in [2.45, 2.75) is 38.8 Å². The molecule has 2 atom stereocenters. The highest BCUT2D eigenvalue weighted by Crippen LogP contribution is 2.45. The zero-order chi connectivity index (χ0) is 43.4. The second kappa shape index (κ2) is 16.3. The van der Waals surface area contributed by atoms with Crippen molar-refractivity contribution in [2.75, 3.05) is 39.9 Å². The number of carbonyl (C=O) groups excluding carboxylic acids is 2. The zero-order valence-electron chi connectivity index (χ0n) is 36.7. The van der Waals surface area contributed by atoms with Crippen LogP contribution < -0.4 is 0 Å². The van der Waals surface area contributed by atoms with Crippen LogP contribution in [0.4, 0.5) is 0 Å². The maximum absolute atomic E-state index is 15.7. The summed E-state index contributed by atoms with van der Waals surface area (Å²) in [6, 6.07) is 60.5. The maximum atomic E-state index is 15.7. The minimum atomic E-state index is -0.129. The van der Waals surface area contributed by atoms with Gasteiger partial charge in [0.2, 0.25) is 11.5 Å². The molecule has 316 valence electrons. The summed E-state index contributed by atoms with van der Waals surface area (Å²) in [5.41, 5.74) is 7.25. The minimum Gasteiger partial charge on any atom is -0.348 e. The summed E-state index contributed by atoms with van der Waals surface area (Å²) >= 11 is 0. The largest absolute Gasteiger partial charge is 0.348 e. The number of hydrogen-bond donors (Lipinski definition) is 0. The molecular weight excluding hydrogens is 785 g/mol. The Morgan fingerprint density at radius 1 is 0.438 bits per heavy atom. The van der Waals surface area contributed by atoms with Crippen LogP contribution >= 0.6 is 0 Å². The lowest BCUT2D eigenvalue weighted by atomic mass is 9.96. The first-order valence-electron chi connectivity index (χ1n) is 22.9. The molecule has 6 nitrogen and oxygen atoms in total.